The number of ether oxygens (including phenoxy) is 1. The zero-order valence-electron chi connectivity index (χ0n) is 20.4. The molecule has 8 nitrogen and oxygen atoms in total. The third-order valence-electron chi connectivity index (χ3n) is 6.04. The number of aliphatic imine (C=N–C) groups is 1. The van der Waals surface area contributed by atoms with Gasteiger partial charge in [-0.25, -0.2) is 9.79 Å². The summed E-state index contributed by atoms with van der Waals surface area (Å²) >= 11 is 1.27. The van der Waals surface area contributed by atoms with Gasteiger partial charge in [0, 0.05) is 22.7 Å². The van der Waals surface area contributed by atoms with Gasteiger partial charge in [-0.3, -0.25) is 14.5 Å². The number of para-hydroxylation sites is 2. The van der Waals surface area contributed by atoms with E-state index >= 15 is 0 Å². The predicted molar refractivity (Wildman–Crippen MR) is 147 cm³/mol. The molecule has 1 aliphatic rings. The number of thioether (sulfide) groups is 1. The first-order valence-electron chi connectivity index (χ1n) is 11.7. The molecule has 0 radical (unpaired) electrons. The van der Waals surface area contributed by atoms with Gasteiger partial charge >= 0.3 is 11.9 Å². The van der Waals surface area contributed by atoms with E-state index in [2.05, 4.69) is 0 Å². The number of carboxylic acids is 1. The summed E-state index contributed by atoms with van der Waals surface area (Å²) in [5.41, 5.74) is 3.32. The monoisotopic (exact) mass is 525 g/mol. The van der Waals surface area contributed by atoms with Crippen LogP contribution in [-0.2, 0) is 27.4 Å². The number of hydrogen-bond acceptors (Lipinski definition) is 6. The van der Waals surface area contributed by atoms with E-state index in [1.54, 1.807) is 21.6 Å². The lowest BCUT2D eigenvalue weighted by atomic mass is 10.1. The van der Waals surface area contributed by atoms with Crippen LogP contribution in [0.15, 0.2) is 95.0 Å². The Balaban J connectivity index is 1.52. The highest BCUT2D eigenvalue weighted by Gasteiger charge is 2.34. The maximum absolute atomic E-state index is 13.6. The number of carbonyl (C=O) groups is 3. The van der Waals surface area contributed by atoms with Crippen molar-refractivity contribution in [3.8, 4) is 0 Å². The maximum Gasteiger partial charge on any atom is 0.335 e. The number of hydrogen-bond donors (Lipinski definition) is 1. The summed E-state index contributed by atoms with van der Waals surface area (Å²) in [5.74, 6) is -1.59. The molecule has 0 spiro atoms. The van der Waals surface area contributed by atoms with E-state index in [-0.39, 0.29) is 30.5 Å². The van der Waals surface area contributed by atoms with Crippen LogP contribution in [0.4, 0.5) is 5.69 Å². The first kappa shape index (κ1) is 25.0. The smallest absolute Gasteiger partial charge is 0.335 e. The predicted octanol–water partition coefficient (Wildman–Crippen LogP) is 5.32. The summed E-state index contributed by atoms with van der Waals surface area (Å²) in [6.45, 7) is 0.291. The molecular formula is C29H23N3O5S. The topological polar surface area (TPSA) is 101 Å². The molecule has 1 aliphatic heterocycles. The second-order valence-electron chi connectivity index (χ2n) is 8.54. The highest BCUT2D eigenvalue weighted by Crippen LogP contribution is 2.36. The van der Waals surface area contributed by atoms with Gasteiger partial charge in [0.1, 0.15) is 6.54 Å². The lowest BCUT2D eigenvalue weighted by Gasteiger charge is -2.16. The summed E-state index contributed by atoms with van der Waals surface area (Å²) in [6.07, 6.45) is 3.65. The van der Waals surface area contributed by atoms with Crippen LogP contribution in [0.25, 0.3) is 17.0 Å². The molecule has 3 aromatic carbocycles. The molecule has 1 fully saturated rings. The van der Waals surface area contributed by atoms with Crippen molar-refractivity contribution < 1.29 is 24.2 Å². The Labute approximate surface area is 222 Å². The quantitative estimate of drug-likeness (QED) is 0.259. The van der Waals surface area contributed by atoms with Crippen LogP contribution in [0.5, 0.6) is 0 Å². The third-order valence-corrected chi connectivity index (χ3v) is 7.05. The van der Waals surface area contributed by atoms with Crippen LogP contribution >= 0.6 is 11.8 Å². The van der Waals surface area contributed by atoms with Gasteiger partial charge in [-0.1, -0.05) is 48.5 Å². The molecule has 0 unspecified atom stereocenters. The van der Waals surface area contributed by atoms with E-state index in [0.29, 0.717) is 15.8 Å². The molecular weight excluding hydrogens is 502 g/mol. The fourth-order valence-corrected chi connectivity index (χ4v) is 5.13. The second kappa shape index (κ2) is 10.8. The zero-order valence-corrected chi connectivity index (χ0v) is 21.2. The minimum Gasteiger partial charge on any atom is -0.478 e. The number of fused-ring (bicyclic) bond motifs is 1. The molecule has 38 heavy (non-hydrogen) atoms. The molecule has 0 saturated carbocycles. The van der Waals surface area contributed by atoms with Crippen LogP contribution in [0.3, 0.4) is 0 Å². The minimum absolute atomic E-state index is 0.0560. The summed E-state index contributed by atoms with van der Waals surface area (Å²) in [6, 6.07) is 23.5. The van der Waals surface area contributed by atoms with E-state index in [1.165, 1.54) is 31.0 Å². The summed E-state index contributed by atoms with van der Waals surface area (Å²) in [5, 5.41) is 10.6. The van der Waals surface area contributed by atoms with Gasteiger partial charge in [0.15, 0.2) is 5.17 Å². The SMILES string of the molecule is COC(=O)Cn1cc(/C=C2\SC(=Nc3ccccc3)N(Cc3ccc(C(=O)O)cc3)C2=O)c2ccccc21. The van der Waals surface area contributed by atoms with E-state index in [4.69, 9.17) is 9.73 Å². The molecule has 9 heteroatoms. The average Bonchev–Trinajstić information content (AvgIpc) is 3.41. The van der Waals surface area contributed by atoms with Crippen LogP contribution < -0.4 is 0 Å². The Morgan fingerprint density at radius 3 is 2.42 bits per heavy atom. The molecule has 190 valence electrons. The number of esters is 1. The molecule has 0 aliphatic carbocycles. The summed E-state index contributed by atoms with van der Waals surface area (Å²) in [7, 11) is 1.35. The van der Waals surface area contributed by atoms with Gasteiger partial charge in [0.25, 0.3) is 5.91 Å². The van der Waals surface area contributed by atoms with Crippen molar-refractivity contribution in [3.05, 3.63) is 107 Å². The summed E-state index contributed by atoms with van der Waals surface area (Å²) in [4.78, 5) is 43.6. The Morgan fingerprint density at radius 2 is 1.71 bits per heavy atom. The number of amidine groups is 1. The number of benzene rings is 3. The fourth-order valence-electron chi connectivity index (χ4n) is 4.14. The largest absolute Gasteiger partial charge is 0.478 e. The Bertz CT molecular complexity index is 1590. The molecule has 0 bridgehead atoms. The van der Waals surface area contributed by atoms with Gasteiger partial charge in [-0.05, 0) is 53.7 Å². The van der Waals surface area contributed by atoms with Crippen molar-refractivity contribution in [2.24, 2.45) is 4.99 Å². The van der Waals surface area contributed by atoms with Crippen molar-refractivity contribution in [1.82, 2.24) is 9.47 Å². The average molecular weight is 526 g/mol. The second-order valence-corrected chi connectivity index (χ2v) is 9.55. The van der Waals surface area contributed by atoms with Crippen LogP contribution in [0.1, 0.15) is 21.5 Å². The third kappa shape index (κ3) is 5.23. The van der Waals surface area contributed by atoms with Gasteiger partial charge in [0.2, 0.25) is 0 Å². The van der Waals surface area contributed by atoms with E-state index in [9.17, 15) is 19.5 Å². The van der Waals surface area contributed by atoms with E-state index in [0.717, 1.165) is 22.0 Å². The number of aromatic nitrogens is 1. The number of aromatic carboxylic acids is 1. The lowest BCUT2D eigenvalue weighted by molar-refractivity contribution is -0.141. The van der Waals surface area contributed by atoms with Crippen molar-refractivity contribution in [2.45, 2.75) is 13.1 Å². The van der Waals surface area contributed by atoms with Crippen LogP contribution in [0, 0.1) is 0 Å². The molecule has 5 rings (SSSR count). The number of nitrogens with zero attached hydrogens (tertiary/aromatic N) is 3. The molecule has 0 atom stereocenters. The highest BCUT2D eigenvalue weighted by atomic mass is 32.2. The van der Waals surface area contributed by atoms with Gasteiger partial charge in [-0.2, -0.15) is 0 Å². The van der Waals surface area contributed by atoms with Crippen LogP contribution in [0.2, 0.25) is 0 Å². The van der Waals surface area contributed by atoms with Gasteiger partial charge in [-0.15, -0.1) is 0 Å². The molecule has 4 aromatic rings. The molecule has 1 amide bonds. The van der Waals surface area contributed by atoms with Crippen molar-refractivity contribution in [1.29, 1.82) is 0 Å². The van der Waals surface area contributed by atoms with Gasteiger partial charge < -0.3 is 14.4 Å². The molecule has 2 heterocycles. The van der Waals surface area contributed by atoms with E-state index in [1.807, 2.05) is 66.9 Å². The fraction of sp³-hybridized carbons (Fsp3) is 0.103. The number of amides is 1. The van der Waals surface area contributed by atoms with Crippen LogP contribution in [-0.4, -0.2) is 44.7 Å². The first-order valence-corrected chi connectivity index (χ1v) is 12.6. The normalized spacial score (nSPS) is 15.5. The Hall–Kier alpha value is -4.63. The minimum atomic E-state index is -1.01. The van der Waals surface area contributed by atoms with E-state index < -0.39 is 5.97 Å². The number of carbonyl (C=O) groups excluding carboxylic acids is 2. The Kier molecular flexibility index (Phi) is 7.10. The maximum atomic E-state index is 13.6. The van der Waals surface area contributed by atoms with Crippen molar-refractivity contribution >= 4 is 57.4 Å². The van der Waals surface area contributed by atoms with Crippen molar-refractivity contribution in [3.63, 3.8) is 0 Å². The lowest BCUT2D eigenvalue weighted by Crippen LogP contribution is -2.28. The number of carboxylic acid groups (broad SMARTS) is 1. The first-order chi connectivity index (χ1) is 18.4. The molecule has 1 saturated heterocycles. The molecule has 1 aromatic heterocycles. The van der Waals surface area contributed by atoms with Gasteiger partial charge in [0.05, 0.1) is 29.8 Å². The Morgan fingerprint density at radius 1 is 1.00 bits per heavy atom. The summed E-state index contributed by atoms with van der Waals surface area (Å²) < 4.78 is 6.64. The number of methoxy groups -OCH3 is 1. The molecule has 1 N–H and O–H groups in total. The standard InChI is InChI=1S/C29H23N3O5S/c1-37-26(33)18-31-17-21(23-9-5-6-10-24(23)31)15-25-27(34)32(16-19-11-13-20(14-12-19)28(35)36)29(38-25)30-22-7-3-2-4-8-22/h2-15,17H,16,18H2,1H3,(H,35,36)/b25-15-,30-29?. The van der Waals surface area contributed by atoms with Crippen molar-refractivity contribution in [2.75, 3.05) is 7.11 Å². The highest BCUT2D eigenvalue weighted by molar-refractivity contribution is 8.18. The number of rotatable bonds is 7. The zero-order chi connectivity index (χ0) is 26.6.